The van der Waals surface area contributed by atoms with Gasteiger partial charge in [-0.3, -0.25) is 4.79 Å². The van der Waals surface area contributed by atoms with E-state index < -0.39 is 36.3 Å². The molecule has 1 fully saturated rings. The third kappa shape index (κ3) is 3.42. The minimum Gasteiger partial charge on any atom is -0.459 e. The van der Waals surface area contributed by atoms with E-state index in [1.165, 1.54) is 12.0 Å². The van der Waals surface area contributed by atoms with Gasteiger partial charge in [0.2, 0.25) is 5.91 Å². The lowest BCUT2D eigenvalue weighted by Gasteiger charge is -2.27. The second-order valence-corrected chi connectivity index (χ2v) is 5.13. The van der Waals surface area contributed by atoms with Crippen molar-refractivity contribution >= 4 is 17.9 Å². The van der Waals surface area contributed by atoms with Gasteiger partial charge in [0, 0.05) is 7.11 Å². The van der Waals surface area contributed by atoms with Crippen LogP contribution in [0.2, 0.25) is 0 Å². The van der Waals surface area contributed by atoms with Crippen molar-refractivity contribution < 1.29 is 33.1 Å². The quantitative estimate of drug-likeness (QED) is 0.376. The first kappa shape index (κ1) is 17.2. The molecular weight excluding hydrogens is 313 g/mol. The number of esters is 1. The minimum atomic E-state index is -2.46. The van der Waals surface area contributed by atoms with E-state index in [0.717, 1.165) is 0 Å². The van der Waals surface area contributed by atoms with E-state index >= 15 is 0 Å². The highest BCUT2D eigenvalue weighted by molar-refractivity contribution is 5.90. The second kappa shape index (κ2) is 6.92. The van der Waals surface area contributed by atoms with E-state index in [0.29, 0.717) is 10.6 Å². The number of nitrogens with zero attached hydrogens (tertiary/aromatic N) is 2. The van der Waals surface area contributed by atoms with Crippen LogP contribution in [0.3, 0.4) is 0 Å². The summed E-state index contributed by atoms with van der Waals surface area (Å²) in [5.74, 6) is -1.96. The van der Waals surface area contributed by atoms with Crippen LogP contribution in [-0.2, 0) is 23.9 Å². The molecule has 128 valence electrons. The van der Waals surface area contributed by atoms with Gasteiger partial charge in [-0.05, 0) is 12.5 Å². The van der Waals surface area contributed by atoms with Gasteiger partial charge in [-0.15, -0.1) is 0 Å². The van der Waals surface area contributed by atoms with Crippen LogP contribution >= 0.6 is 0 Å². The number of methoxy groups -OCH3 is 1. The normalized spacial score (nSPS) is 24.5. The highest BCUT2D eigenvalue weighted by Crippen LogP contribution is 2.29. The highest BCUT2D eigenvalue weighted by atomic mass is 19.1. The molecule has 0 aromatic heterocycles. The molecule has 0 unspecified atom stereocenters. The van der Waals surface area contributed by atoms with Gasteiger partial charge < -0.3 is 20.1 Å². The molecule has 2 aliphatic heterocycles. The molecule has 0 saturated carbocycles. The van der Waals surface area contributed by atoms with Crippen LogP contribution in [0, 0.1) is 0 Å². The summed E-state index contributed by atoms with van der Waals surface area (Å²) in [5.41, 5.74) is 5.84. The zero-order valence-electron chi connectivity index (χ0n) is 12.7. The number of carbonyl (C=O) groups excluding carboxylic acids is 3. The number of amides is 3. The number of alkyl halides is 1. The Bertz CT molecular complexity index is 540. The number of ether oxygens (including phenoxy) is 2. The highest BCUT2D eigenvalue weighted by Gasteiger charge is 2.48. The maximum Gasteiger partial charge on any atom is 0.371 e. The van der Waals surface area contributed by atoms with E-state index in [4.69, 9.17) is 10.6 Å². The number of rotatable bonds is 7. The molecule has 23 heavy (non-hydrogen) atoms. The molecule has 2 aliphatic rings. The Morgan fingerprint density at radius 1 is 1.48 bits per heavy atom. The Kier molecular flexibility index (Phi) is 5.16. The molecular formula is C13H18FN3O6. The smallest absolute Gasteiger partial charge is 0.371 e. The number of carbonyl (C=O) groups is 3. The van der Waals surface area contributed by atoms with Crippen LogP contribution in [0.1, 0.15) is 6.92 Å². The average molecular weight is 331 g/mol. The first-order chi connectivity index (χ1) is 10.9. The molecule has 0 aliphatic carbocycles. The maximum absolute atomic E-state index is 13.8. The van der Waals surface area contributed by atoms with Gasteiger partial charge in [0.15, 0.2) is 0 Å². The van der Waals surface area contributed by atoms with Gasteiger partial charge in [0.1, 0.15) is 12.6 Å². The summed E-state index contributed by atoms with van der Waals surface area (Å²) in [7, 11) is 1.40. The molecule has 2 N–H and O–H groups in total. The molecule has 2 rings (SSSR count). The zero-order valence-corrected chi connectivity index (χ0v) is 12.7. The van der Waals surface area contributed by atoms with Gasteiger partial charge in [-0.1, -0.05) is 6.08 Å². The second-order valence-electron chi connectivity index (χ2n) is 5.13. The van der Waals surface area contributed by atoms with Crippen molar-refractivity contribution in [2.45, 2.75) is 25.4 Å². The maximum atomic E-state index is 13.8. The van der Waals surface area contributed by atoms with Crippen molar-refractivity contribution in [2.75, 3.05) is 26.9 Å². The summed E-state index contributed by atoms with van der Waals surface area (Å²) in [6, 6.07) is -2.25. The number of hydrogen-bond acceptors (Lipinski definition) is 6. The molecule has 0 radical (unpaired) electrons. The molecule has 3 amide bonds. The fraction of sp³-hybridized carbons (Fsp3) is 0.615. The summed E-state index contributed by atoms with van der Waals surface area (Å²) in [4.78, 5) is 41.0. The van der Waals surface area contributed by atoms with Gasteiger partial charge in [-0.2, -0.15) is 5.06 Å². The lowest BCUT2D eigenvalue weighted by molar-refractivity contribution is -0.223. The number of fused-ring (bicyclic) bond motifs is 2. The number of primary amides is 1. The average Bonchev–Trinajstić information content (AvgIpc) is 2.72. The molecule has 2 heterocycles. The van der Waals surface area contributed by atoms with Crippen molar-refractivity contribution in [3.8, 4) is 0 Å². The van der Waals surface area contributed by atoms with Crippen molar-refractivity contribution in [1.82, 2.24) is 9.96 Å². The molecule has 3 atom stereocenters. The minimum absolute atomic E-state index is 0.111. The van der Waals surface area contributed by atoms with Gasteiger partial charge in [-0.25, -0.2) is 18.8 Å². The molecule has 0 aromatic carbocycles. The Hall–Kier alpha value is -2.20. The molecule has 2 bridgehead atoms. The predicted molar refractivity (Wildman–Crippen MR) is 73.3 cm³/mol. The van der Waals surface area contributed by atoms with E-state index in [9.17, 15) is 18.8 Å². The first-order valence-corrected chi connectivity index (χ1v) is 6.90. The van der Waals surface area contributed by atoms with E-state index in [1.54, 1.807) is 13.0 Å². The van der Waals surface area contributed by atoms with Gasteiger partial charge >= 0.3 is 18.4 Å². The number of halogens is 1. The monoisotopic (exact) mass is 331 g/mol. The summed E-state index contributed by atoms with van der Waals surface area (Å²) in [6.45, 7) is 1.73. The first-order valence-electron chi connectivity index (χ1n) is 6.90. The van der Waals surface area contributed by atoms with E-state index in [2.05, 4.69) is 9.47 Å². The van der Waals surface area contributed by atoms with Crippen LogP contribution in [0.15, 0.2) is 11.6 Å². The molecule has 1 saturated heterocycles. The van der Waals surface area contributed by atoms with Gasteiger partial charge in [0.05, 0.1) is 19.2 Å². The predicted octanol–water partition coefficient (Wildman–Crippen LogP) is -0.677. The fourth-order valence-corrected chi connectivity index (χ4v) is 2.53. The van der Waals surface area contributed by atoms with Crippen molar-refractivity contribution in [3.05, 3.63) is 11.6 Å². The lowest BCUT2D eigenvalue weighted by Crippen LogP contribution is -2.48. The standard InChI is InChI=1S/C13H18FN3O6/c1-7-5-8-6-16(9(7)11(15)18)13(20)17(8)23-10(14)12(19)22-4-3-21-2/h5,8-10H,3-4,6H2,1-2H3,(H2,15,18)/t8-,9+,10+/m1/s1. The van der Waals surface area contributed by atoms with Crippen molar-refractivity contribution in [2.24, 2.45) is 5.73 Å². The number of hydrogen-bond donors (Lipinski definition) is 1. The lowest BCUT2D eigenvalue weighted by atomic mass is 10.0. The third-order valence-corrected chi connectivity index (χ3v) is 3.51. The van der Waals surface area contributed by atoms with Crippen molar-refractivity contribution in [1.29, 1.82) is 0 Å². The number of urea groups is 1. The van der Waals surface area contributed by atoms with Crippen LogP contribution in [0.4, 0.5) is 9.18 Å². The Morgan fingerprint density at radius 2 is 2.17 bits per heavy atom. The summed E-state index contributed by atoms with van der Waals surface area (Å²) < 4.78 is 23.0. The summed E-state index contributed by atoms with van der Waals surface area (Å²) in [6.07, 6.45) is -0.878. The Labute approximate surface area is 131 Å². The fourth-order valence-electron chi connectivity index (χ4n) is 2.53. The Morgan fingerprint density at radius 3 is 2.78 bits per heavy atom. The molecule has 0 aromatic rings. The topological polar surface area (TPSA) is 111 Å². The largest absolute Gasteiger partial charge is 0.459 e. The Balaban J connectivity index is 2.01. The molecule has 9 nitrogen and oxygen atoms in total. The number of nitrogens with two attached hydrogens (primary N) is 1. The van der Waals surface area contributed by atoms with Crippen LogP contribution in [0.5, 0.6) is 0 Å². The molecule has 0 spiro atoms. The summed E-state index contributed by atoms with van der Waals surface area (Å²) >= 11 is 0. The zero-order chi connectivity index (χ0) is 17.1. The van der Waals surface area contributed by atoms with Crippen LogP contribution < -0.4 is 5.73 Å². The SMILES string of the molecule is COCCOC(=O)[C@@H](F)ON1C(=O)N2C[C@H]1C=C(C)[C@H]2C(N)=O. The van der Waals surface area contributed by atoms with E-state index in [1.807, 2.05) is 0 Å². The van der Waals surface area contributed by atoms with Crippen LogP contribution in [-0.4, -0.2) is 73.2 Å². The third-order valence-electron chi connectivity index (χ3n) is 3.51. The van der Waals surface area contributed by atoms with E-state index in [-0.39, 0.29) is 19.8 Å². The van der Waals surface area contributed by atoms with Gasteiger partial charge in [0.25, 0.3) is 0 Å². The van der Waals surface area contributed by atoms with Crippen LogP contribution in [0.25, 0.3) is 0 Å². The van der Waals surface area contributed by atoms with Crippen molar-refractivity contribution in [3.63, 3.8) is 0 Å². The molecule has 10 heteroatoms. The summed E-state index contributed by atoms with van der Waals surface area (Å²) in [5, 5.41) is 0.717. The number of hydroxylamine groups is 2.